The van der Waals surface area contributed by atoms with Gasteiger partial charge in [-0.25, -0.2) is 0 Å². The second-order valence-corrected chi connectivity index (χ2v) is 4.09. The molecule has 0 aliphatic heterocycles. The highest BCUT2D eigenvalue weighted by Gasteiger charge is 2.21. The van der Waals surface area contributed by atoms with Crippen LogP contribution in [0.25, 0.3) is 11.0 Å². The van der Waals surface area contributed by atoms with Crippen molar-refractivity contribution in [3.8, 4) is 0 Å². The summed E-state index contributed by atoms with van der Waals surface area (Å²) in [6.07, 6.45) is 3.65. The van der Waals surface area contributed by atoms with E-state index >= 15 is 0 Å². The Morgan fingerprint density at radius 2 is 2.06 bits per heavy atom. The average molecular weight is 240 g/mol. The topological polar surface area (TPSA) is 43.4 Å². The summed E-state index contributed by atoms with van der Waals surface area (Å²) in [6.45, 7) is 1.98. The molecule has 3 nitrogen and oxygen atoms in total. The number of furan rings is 2. The number of benzene rings is 1. The third-order valence-corrected chi connectivity index (χ3v) is 3.00. The van der Waals surface area contributed by atoms with Gasteiger partial charge in [0, 0.05) is 11.8 Å². The highest BCUT2D eigenvalue weighted by molar-refractivity contribution is 6.16. The summed E-state index contributed by atoms with van der Waals surface area (Å²) in [7, 11) is 0. The van der Waals surface area contributed by atoms with E-state index in [1.54, 1.807) is 6.07 Å². The highest BCUT2D eigenvalue weighted by atomic mass is 16.3. The van der Waals surface area contributed by atoms with Crippen LogP contribution in [0.5, 0.6) is 0 Å². The van der Waals surface area contributed by atoms with Crippen LogP contribution in [-0.4, -0.2) is 5.78 Å². The lowest BCUT2D eigenvalue weighted by Gasteiger charge is -1.97. The lowest BCUT2D eigenvalue weighted by Crippen LogP contribution is -2.01. The van der Waals surface area contributed by atoms with E-state index in [-0.39, 0.29) is 5.78 Å². The van der Waals surface area contributed by atoms with Crippen molar-refractivity contribution in [1.29, 1.82) is 0 Å². The van der Waals surface area contributed by atoms with E-state index < -0.39 is 0 Å². The molecular formula is C15H12O3. The summed E-state index contributed by atoms with van der Waals surface area (Å²) in [5.41, 5.74) is 1.95. The van der Waals surface area contributed by atoms with Crippen molar-refractivity contribution in [3.63, 3.8) is 0 Å². The minimum atomic E-state index is -0.0504. The van der Waals surface area contributed by atoms with E-state index in [1.165, 1.54) is 12.5 Å². The number of aryl methyl sites for hydroxylation is 1. The normalized spacial score (nSPS) is 10.9. The third-order valence-electron chi connectivity index (χ3n) is 3.00. The van der Waals surface area contributed by atoms with Gasteiger partial charge in [-0.1, -0.05) is 25.1 Å². The number of carbonyl (C=O) groups excluding carboxylic acids is 1. The molecule has 1 aromatic carbocycles. The Morgan fingerprint density at radius 3 is 2.78 bits per heavy atom. The fraction of sp³-hybridized carbons (Fsp3) is 0.133. The SMILES string of the molecule is CCc1oc2ccccc2c1C(=O)c1ccoc1. The molecule has 0 saturated heterocycles. The van der Waals surface area contributed by atoms with Gasteiger partial charge in [-0.3, -0.25) is 4.79 Å². The molecule has 90 valence electrons. The van der Waals surface area contributed by atoms with E-state index in [2.05, 4.69) is 0 Å². The Kier molecular flexibility index (Phi) is 2.52. The van der Waals surface area contributed by atoms with Gasteiger partial charge in [0.2, 0.25) is 0 Å². The number of hydrogen-bond acceptors (Lipinski definition) is 3. The van der Waals surface area contributed by atoms with Crippen LogP contribution in [-0.2, 0) is 6.42 Å². The molecule has 0 aliphatic rings. The van der Waals surface area contributed by atoms with E-state index in [4.69, 9.17) is 8.83 Å². The maximum absolute atomic E-state index is 12.4. The molecule has 2 heterocycles. The molecule has 0 bridgehead atoms. The molecule has 0 fully saturated rings. The first-order valence-corrected chi connectivity index (χ1v) is 5.88. The average Bonchev–Trinajstić information content (AvgIpc) is 3.04. The molecule has 18 heavy (non-hydrogen) atoms. The molecular weight excluding hydrogens is 228 g/mol. The third kappa shape index (κ3) is 1.56. The zero-order chi connectivity index (χ0) is 12.5. The van der Waals surface area contributed by atoms with Crippen LogP contribution in [0, 0.1) is 0 Å². The number of ketones is 1. The van der Waals surface area contributed by atoms with Crippen molar-refractivity contribution >= 4 is 16.8 Å². The predicted octanol–water partition coefficient (Wildman–Crippen LogP) is 3.82. The Bertz CT molecular complexity index is 690. The molecule has 0 unspecified atom stereocenters. The first-order chi connectivity index (χ1) is 8.81. The molecule has 0 saturated carbocycles. The Morgan fingerprint density at radius 1 is 1.22 bits per heavy atom. The molecule has 0 radical (unpaired) electrons. The predicted molar refractivity (Wildman–Crippen MR) is 67.7 cm³/mol. The lowest BCUT2D eigenvalue weighted by molar-refractivity contribution is 0.103. The van der Waals surface area contributed by atoms with Crippen molar-refractivity contribution < 1.29 is 13.6 Å². The zero-order valence-electron chi connectivity index (χ0n) is 9.97. The standard InChI is InChI=1S/C15H12O3/c1-2-12-14(15(16)10-7-8-17-9-10)11-5-3-4-6-13(11)18-12/h3-9H,2H2,1H3. The van der Waals surface area contributed by atoms with Gasteiger partial charge in [-0.2, -0.15) is 0 Å². The summed E-state index contributed by atoms with van der Waals surface area (Å²) in [6, 6.07) is 9.26. The summed E-state index contributed by atoms with van der Waals surface area (Å²) in [4.78, 5) is 12.4. The largest absolute Gasteiger partial charge is 0.472 e. The number of rotatable bonds is 3. The molecule has 0 N–H and O–H groups in total. The summed E-state index contributed by atoms with van der Waals surface area (Å²) >= 11 is 0. The van der Waals surface area contributed by atoms with Gasteiger partial charge in [-0.05, 0) is 12.1 Å². The Balaban J connectivity index is 2.24. The van der Waals surface area contributed by atoms with Gasteiger partial charge < -0.3 is 8.83 Å². The number of hydrogen-bond donors (Lipinski definition) is 0. The van der Waals surface area contributed by atoms with Gasteiger partial charge in [-0.15, -0.1) is 0 Å². The molecule has 3 heteroatoms. The highest BCUT2D eigenvalue weighted by Crippen LogP contribution is 2.28. The number of fused-ring (bicyclic) bond motifs is 1. The van der Waals surface area contributed by atoms with Crippen molar-refractivity contribution in [2.24, 2.45) is 0 Å². The van der Waals surface area contributed by atoms with Crippen LogP contribution in [0.4, 0.5) is 0 Å². The minimum Gasteiger partial charge on any atom is -0.472 e. The summed E-state index contributed by atoms with van der Waals surface area (Å²) in [5, 5.41) is 0.862. The summed E-state index contributed by atoms with van der Waals surface area (Å²) < 4.78 is 10.7. The molecule has 0 spiro atoms. The molecule has 0 aliphatic carbocycles. The fourth-order valence-electron chi connectivity index (χ4n) is 2.13. The zero-order valence-corrected chi connectivity index (χ0v) is 9.97. The van der Waals surface area contributed by atoms with Crippen LogP contribution in [0.15, 0.2) is 51.7 Å². The van der Waals surface area contributed by atoms with Crippen LogP contribution in [0.2, 0.25) is 0 Å². The first kappa shape index (κ1) is 10.8. The van der Waals surface area contributed by atoms with Crippen molar-refractivity contribution in [2.75, 3.05) is 0 Å². The van der Waals surface area contributed by atoms with Crippen molar-refractivity contribution in [2.45, 2.75) is 13.3 Å². The van der Waals surface area contributed by atoms with Gasteiger partial charge in [0.05, 0.1) is 17.4 Å². The van der Waals surface area contributed by atoms with Crippen molar-refractivity contribution in [1.82, 2.24) is 0 Å². The van der Waals surface area contributed by atoms with Gasteiger partial charge in [0.25, 0.3) is 0 Å². The van der Waals surface area contributed by atoms with Crippen LogP contribution in [0.1, 0.15) is 28.6 Å². The number of carbonyl (C=O) groups is 1. The maximum atomic E-state index is 12.4. The Hall–Kier alpha value is -2.29. The van der Waals surface area contributed by atoms with Crippen LogP contribution < -0.4 is 0 Å². The molecule has 2 aromatic heterocycles. The summed E-state index contributed by atoms with van der Waals surface area (Å²) in [5.74, 6) is 0.674. The number of para-hydroxylation sites is 1. The van der Waals surface area contributed by atoms with Gasteiger partial charge in [0.1, 0.15) is 17.6 Å². The molecule has 3 rings (SSSR count). The quantitative estimate of drug-likeness (QED) is 0.653. The van der Waals surface area contributed by atoms with Crippen LogP contribution >= 0.6 is 0 Å². The molecule has 0 amide bonds. The second-order valence-electron chi connectivity index (χ2n) is 4.09. The van der Waals surface area contributed by atoms with E-state index in [0.29, 0.717) is 17.5 Å². The second kappa shape index (κ2) is 4.18. The van der Waals surface area contributed by atoms with Crippen LogP contribution in [0.3, 0.4) is 0 Å². The maximum Gasteiger partial charge on any atom is 0.200 e. The Labute approximate surface area is 104 Å². The van der Waals surface area contributed by atoms with Crippen molar-refractivity contribution in [3.05, 3.63) is 59.7 Å². The minimum absolute atomic E-state index is 0.0504. The molecule has 0 atom stereocenters. The van der Waals surface area contributed by atoms with E-state index in [9.17, 15) is 4.79 Å². The smallest absolute Gasteiger partial charge is 0.200 e. The molecule has 3 aromatic rings. The fourth-order valence-corrected chi connectivity index (χ4v) is 2.13. The monoisotopic (exact) mass is 240 g/mol. The first-order valence-electron chi connectivity index (χ1n) is 5.88. The van der Waals surface area contributed by atoms with Gasteiger partial charge in [0.15, 0.2) is 5.78 Å². The lowest BCUT2D eigenvalue weighted by atomic mass is 10.0. The van der Waals surface area contributed by atoms with E-state index in [1.807, 2.05) is 31.2 Å². The van der Waals surface area contributed by atoms with Gasteiger partial charge >= 0.3 is 0 Å². The van der Waals surface area contributed by atoms with E-state index in [0.717, 1.165) is 16.7 Å².